The SMILES string of the molecule is N#Cc1cc(C(F)(F)F)ccc1Nc1cc(N)ccc1Cl. The third-order valence-electron chi connectivity index (χ3n) is 2.73. The van der Waals surface area contributed by atoms with Crippen molar-refractivity contribution in [2.45, 2.75) is 6.18 Å². The summed E-state index contributed by atoms with van der Waals surface area (Å²) in [6.45, 7) is 0. The van der Waals surface area contributed by atoms with Gasteiger partial charge in [0.1, 0.15) is 6.07 Å². The topological polar surface area (TPSA) is 61.8 Å². The maximum absolute atomic E-state index is 12.6. The Hall–Kier alpha value is -2.39. The third kappa shape index (κ3) is 3.38. The molecule has 0 aromatic heterocycles. The van der Waals surface area contributed by atoms with E-state index in [0.29, 0.717) is 16.4 Å². The zero-order chi connectivity index (χ0) is 15.6. The van der Waals surface area contributed by atoms with Gasteiger partial charge in [0.25, 0.3) is 0 Å². The number of nitrogens with two attached hydrogens (primary N) is 1. The molecule has 0 atom stereocenters. The molecular formula is C14H9ClF3N3. The predicted octanol–water partition coefficient (Wildman–Crippen LogP) is 4.56. The van der Waals surface area contributed by atoms with Crippen molar-refractivity contribution in [2.24, 2.45) is 0 Å². The van der Waals surface area contributed by atoms with Gasteiger partial charge in [-0.1, -0.05) is 11.6 Å². The van der Waals surface area contributed by atoms with E-state index in [9.17, 15) is 13.2 Å². The van der Waals surface area contributed by atoms with Gasteiger partial charge < -0.3 is 11.1 Å². The van der Waals surface area contributed by atoms with E-state index in [2.05, 4.69) is 5.32 Å². The van der Waals surface area contributed by atoms with Crippen molar-refractivity contribution in [3.8, 4) is 6.07 Å². The average molecular weight is 312 g/mol. The van der Waals surface area contributed by atoms with Crippen LogP contribution in [0.1, 0.15) is 11.1 Å². The standard InChI is InChI=1S/C14H9ClF3N3/c15-11-3-2-10(20)6-13(11)21-12-4-1-9(14(16,17)18)5-8(12)7-19/h1-6,21H,20H2. The van der Waals surface area contributed by atoms with Gasteiger partial charge in [0.05, 0.1) is 27.5 Å². The number of alkyl halides is 3. The van der Waals surface area contributed by atoms with Crippen molar-refractivity contribution in [1.82, 2.24) is 0 Å². The van der Waals surface area contributed by atoms with Crippen LogP contribution in [0.15, 0.2) is 36.4 Å². The molecule has 2 aromatic carbocycles. The van der Waals surface area contributed by atoms with Gasteiger partial charge >= 0.3 is 6.18 Å². The van der Waals surface area contributed by atoms with Crippen LogP contribution in [0.2, 0.25) is 5.02 Å². The Bertz CT molecular complexity index is 720. The second-order valence-electron chi connectivity index (χ2n) is 4.23. The average Bonchev–Trinajstić information content (AvgIpc) is 2.42. The fraction of sp³-hybridized carbons (Fsp3) is 0.0714. The highest BCUT2D eigenvalue weighted by atomic mass is 35.5. The Morgan fingerprint density at radius 1 is 1.10 bits per heavy atom. The minimum atomic E-state index is -4.50. The highest BCUT2D eigenvalue weighted by molar-refractivity contribution is 6.33. The Balaban J connectivity index is 2.41. The van der Waals surface area contributed by atoms with E-state index in [1.165, 1.54) is 12.1 Å². The van der Waals surface area contributed by atoms with Crippen LogP contribution >= 0.6 is 11.6 Å². The molecule has 0 amide bonds. The van der Waals surface area contributed by atoms with Gasteiger partial charge in [-0.3, -0.25) is 0 Å². The van der Waals surface area contributed by atoms with Crippen LogP contribution in [-0.2, 0) is 6.18 Å². The molecule has 0 saturated heterocycles. The molecule has 0 unspecified atom stereocenters. The molecule has 2 rings (SSSR count). The second kappa shape index (κ2) is 5.54. The Morgan fingerprint density at radius 3 is 2.43 bits per heavy atom. The number of halogens is 4. The number of nitrogens with one attached hydrogen (secondary N) is 1. The molecule has 0 aliphatic rings. The molecular weight excluding hydrogens is 303 g/mol. The molecule has 0 fully saturated rings. The predicted molar refractivity (Wildman–Crippen MR) is 75.3 cm³/mol. The lowest BCUT2D eigenvalue weighted by Gasteiger charge is -2.13. The van der Waals surface area contributed by atoms with Crippen LogP contribution in [0.5, 0.6) is 0 Å². The summed E-state index contributed by atoms with van der Waals surface area (Å²) in [7, 11) is 0. The monoisotopic (exact) mass is 311 g/mol. The molecule has 0 saturated carbocycles. The van der Waals surface area contributed by atoms with Crippen LogP contribution in [0.4, 0.5) is 30.2 Å². The lowest BCUT2D eigenvalue weighted by molar-refractivity contribution is -0.137. The minimum Gasteiger partial charge on any atom is -0.399 e. The van der Waals surface area contributed by atoms with Crippen LogP contribution in [-0.4, -0.2) is 0 Å². The van der Waals surface area contributed by atoms with E-state index < -0.39 is 11.7 Å². The van der Waals surface area contributed by atoms with Crippen LogP contribution < -0.4 is 11.1 Å². The highest BCUT2D eigenvalue weighted by Crippen LogP contribution is 2.34. The van der Waals surface area contributed by atoms with Gasteiger partial charge in [-0.15, -0.1) is 0 Å². The van der Waals surface area contributed by atoms with E-state index in [0.717, 1.165) is 12.1 Å². The van der Waals surface area contributed by atoms with Crippen molar-refractivity contribution in [3.05, 3.63) is 52.5 Å². The lowest BCUT2D eigenvalue weighted by atomic mass is 10.1. The van der Waals surface area contributed by atoms with Gasteiger partial charge in [0, 0.05) is 5.69 Å². The molecule has 108 valence electrons. The van der Waals surface area contributed by atoms with Crippen LogP contribution in [0.3, 0.4) is 0 Å². The molecule has 0 heterocycles. The molecule has 21 heavy (non-hydrogen) atoms. The minimum absolute atomic E-state index is 0.136. The van der Waals surface area contributed by atoms with E-state index in [1.807, 2.05) is 0 Å². The first kappa shape index (κ1) is 15.0. The lowest BCUT2D eigenvalue weighted by Crippen LogP contribution is -2.06. The van der Waals surface area contributed by atoms with E-state index in [1.54, 1.807) is 18.2 Å². The maximum atomic E-state index is 12.6. The number of nitrogen functional groups attached to an aromatic ring is 1. The van der Waals surface area contributed by atoms with E-state index >= 15 is 0 Å². The molecule has 0 bridgehead atoms. The summed E-state index contributed by atoms with van der Waals surface area (Å²) in [4.78, 5) is 0. The van der Waals surface area contributed by atoms with Crippen molar-refractivity contribution in [1.29, 1.82) is 5.26 Å². The van der Waals surface area contributed by atoms with E-state index in [-0.39, 0.29) is 11.3 Å². The molecule has 3 nitrogen and oxygen atoms in total. The fourth-order valence-electron chi connectivity index (χ4n) is 1.71. The smallest absolute Gasteiger partial charge is 0.399 e. The summed E-state index contributed by atoms with van der Waals surface area (Å²) in [5.41, 5.74) is 5.67. The summed E-state index contributed by atoms with van der Waals surface area (Å²) < 4.78 is 37.8. The van der Waals surface area contributed by atoms with Gasteiger partial charge in [-0.2, -0.15) is 18.4 Å². The number of benzene rings is 2. The first-order chi connectivity index (χ1) is 9.81. The van der Waals surface area contributed by atoms with Crippen molar-refractivity contribution in [3.63, 3.8) is 0 Å². The number of hydrogen-bond acceptors (Lipinski definition) is 3. The highest BCUT2D eigenvalue weighted by Gasteiger charge is 2.31. The van der Waals surface area contributed by atoms with Gasteiger partial charge in [-0.05, 0) is 36.4 Å². The van der Waals surface area contributed by atoms with Crippen molar-refractivity contribution < 1.29 is 13.2 Å². The first-order valence-corrected chi connectivity index (χ1v) is 6.12. The largest absolute Gasteiger partial charge is 0.416 e. The third-order valence-corrected chi connectivity index (χ3v) is 3.06. The molecule has 7 heteroatoms. The number of rotatable bonds is 2. The Morgan fingerprint density at radius 2 is 1.81 bits per heavy atom. The summed E-state index contributed by atoms with van der Waals surface area (Å²) in [6, 6.07) is 9.25. The Labute approximate surface area is 123 Å². The molecule has 0 aliphatic heterocycles. The van der Waals surface area contributed by atoms with Crippen molar-refractivity contribution >= 4 is 28.7 Å². The summed E-state index contributed by atoms with van der Waals surface area (Å²) in [5.74, 6) is 0. The number of anilines is 3. The molecule has 2 aromatic rings. The molecule has 3 N–H and O–H groups in total. The van der Waals surface area contributed by atoms with Crippen molar-refractivity contribution in [2.75, 3.05) is 11.1 Å². The zero-order valence-electron chi connectivity index (χ0n) is 10.5. The number of nitriles is 1. The summed E-state index contributed by atoms with van der Waals surface area (Å²) in [6.07, 6.45) is -4.50. The second-order valence-corrected chi connectivity index (χ2v) is 4.64. The molecule has 0 spiro atoms. The van der Waals surface area contributed by atoms with Gasteiger partial charge in [0.2, 0.25) is 0 Å². The number of nitrogens with zero attached hydrogens (tertiary/aromatic N) is 1. The van der Waals surface area contributed by atoms with E-state index in [4.69, 9.17) is 22.6 Å². The Kier molecular flexibility index (Phi) is 3.96. The summed E-state index contributed by atoms with van der Waals surface area (Å²) >= 11 is 5.96. The molecule has 0 radical (unpaired) electrons. The van der Waals surface area contributed by atoms with Crippen LogP contribution in [0, 0.1) is 11.3 Å². The quantitative estimate of drug-likeness (QED) is 0.799. The summed E-state index contributed by atoms with van der Waals surface area (Å²) in [5, 5.41) is 12.1. The normalized spacial score (nSPS) is 11.0. The van der Waals surface area contributed by atoms with Gasteiger partial charge in [-0.25, -0.2) is 0 Å². The number of hydrogen-bond donors (Lipinski definition) is 2. The maximum Gasteiger partial charge on any atom is 0.416 e. The zero-order valence-corrected chi connectivity index (χ0v) is 11.3. The first-order valence-electron chi connectivity index (χ1n) is 5.74. The molecule has 0 aliphatic carbocycles. The van der Waals surface area contributed by atoms with Gasteiger partial charge in [0.15, 0.2) is 0 Å². The fourth-order valence-corrected chi connectivity index (χ4v) is 1.87. The van der Waals surface area contributed by atoms with Crippen LogP contribution in [0.25, 0.3) is 0 Å².